The predicted molar refractivity (Wildman–Crippen MR) is 115 cm³/mol. The molecule has 29 heavy (non-hydrogen) atoms. The highest BCUT2D eigenvalue weighted by molar-refractivity contribution is 6.30. The van der Waals surface area contributed by atoms with Gasteiger partial charge < -0.3 is 14.2 Å². The van der Waals surface area contributed by atoms with Crippen LogP contribution in [-0.2, 0) is 0 Å². The number of carbonyl (C=O) groups is 1. The van der Waals surface area contributed by atoms with Crippen molar-refractivity contribution in [3.05, 3.63) is 80.7 Å². The average Bonchev–Trinajstić information content (AvgIpc) is 3.01. The highest BCUT2D eigenvalue weighted by Gasteiger charge is 2.42. The molecule has 2 heterocycles. The van der Waals surface area contributed by atoms with Crippen LogP contribution in [0.5, 0.6) is 0 Å². The summed E-state index contributed by atoms with van der Waals surface area (Å²) in [6.45, 7) is 7.20. The van der Waals surface area contributed by atoms with Crippen LogP contribution in [-0.4, -0.2) is 41.9 Å². The molecule has 4 rings (SSSR count). The zero-order chi connectivity index (χ0) is 20.5. The molecule has 3 aromatic rings. The lowest BCUT2D eigenvalue weighted by Gasteiger charge is -2.28. The summed E-state index contributed by atoms with van der Waals surface area (Å²) in [5.74, 6) is -0.113. The van der Waals surface area contributed by atoms with E-state index < -0.39 is 6.04 Å². The summed E-state index contributed by atoms with van der Waals surface area (Å²) in [6, 6.07) is 13.9. The molecule has 1 amide bonds. The number of fused-ring (bicyclic) bond motifs is 2. The summed E-state index contributed by atoms with van der Waals surface area (Å²) < 4.78 is 5.93. The number of hydrogen-bond acceptors (Lipinski definition) is 4. The van der Waals surface area contributed by atoms with E-state index in [0.29, 0.717) is 28.1 Å². The Labute approximate surface area is 174 Å². The van der Waals surface area contributed by atoms with Gasteiger partial charge in [-0.2, -0.15) is 0 Å². The highest BCUT2D eigenvalue weighted by atomic mass is 35.5. The Morgan fingerprint density at radius 1 is 1.07 bits per heavy atom. The fourth-order valence-corrected chi connectivity index (χ4v) is 4.21. The summed E-state index contributed by atoms with van der Waals surface area (Å²) >= 11 is 6.23. The number of para-hydroxylation sites is 1. The fraction of sp³-hybridized carbons (Fsp3) is 0.304. The zero-order valence-corrected chi connectivity index (χ0v) is 17.3. The quantitative estimate of drug-likeness (QED) is 0.606. The Kier molecular flexibility index (Phi) is 5.43. The van der Waals surface area contributed by atoms with Crippen molar-refractivity contribution in [1.82, 2.24) is 9.80 Å². The molecule has 6 heteroatoms. The van der Waals surface area contributed by atoms with Crippen LogP contribution in [0.4, 0.5) is 0 Å². The van der Waals surface area contributed by atoms with Crippen molar-refractivity contribution in [1.29, 1.82) is 0 Å². The van der Waals surface area contributed by atoms with Gasteiger partial charge in [-0.3, -0.25) is 9.59 Å². The second-order valence-electron chi connectivity index (χ2n) is 7.15. The largest absolute Gasteiger partial charge is 0.450 e. The summed E-state index contributed by atoms with van der Waals surface area (Å²) in [4.78, 5) is 30.6. The number of rotatable bonds is 6. The SMILES string of the molecule is CCN(CC)CCN1C(=O)c2oc3ccccc3c(=O)c2[C@@H]1c1cccc(Cl)c1. The van der Waals surface area contributed by atoms with Gasteiger partial charge in [0.25, 0.3) is 5.91 Å². The maximum Gasteiger partial charge on any atom is 0.290 e. The zero-order valence-electron chi connectivity index (χ0n) is 16.5. The van der Waals surface area contributed by atoms with Crippen LogP contribution in [0.15, 0.2) is 57.7 Å². The van der Waals surface area contributed by atoms with Crippen molar-refractivity contribution in [2.24, 2.45) is 0 Å². The second kappa shape index (κ2) is 8.01. The molecule has 1 aromatic heterocycles. The van der Waals surface area contributed by atoms with Crippen LogP contribution in [0.3, 0.4) is 0 Å². The number of amides is 1. The third kappa shape index (κ3) is 3.45. The minimum atomic E-state index is -0.507. The lowest BCUT2D eigenvalue weighted by atomic mass is 9.98. The van der Waals surface area contributed by atoms with Crippen LogP contribution < -0.4 is 5.43 Å². The first-order chi connectivity index (χ1) is 14.0. The van der Waals surface area contributed by atoms with Crippen molar-refractivity contribution in [3.8, 4) is 0 Å². The normalized spacial score (nSPS) is 16.1. The Hall–Kier alpha value is -2.63. The molecule has 1 aliphatic heterocycles. The molecule has 1 atom stereocenters. The monoisotopic (exact) mass is 410 g/mol. The molecule has 1 aliphatic rings. The molecule has 0 bridgehead atoms. The first-order valence-corrected chi connectivity index (χ1v) is 10.3. The second-order valence-corrected chi connectivity index (χ2v) is 7.59. The fourth-order valence-electron chi connectivity index (χ4n) is 4.01. The smallest absolute Gasteiger partial charge is 0.290 e. The molecule has 0 fully saturated rings. The summed E-state index contributed by atoms with van der Waals surface area (Å²) in [5.41, 5.74) is 1.48. The van der Waals surface area contributed by atoms with Gasteiger partial charge in [-0.05, 0) is 42.9 Å². The molecular formula is C23H23ClN2O3. The highest BCUT2D eigenvalue weighted by Crippen LogP contribution is 2.38. The van der Waals surface area contributed by atoms with Crippen LogP contribution >= 0.6 is 11.6 Å². The molecule has 2 aromatic carbocycles. The van der Waals surface area contributed by atoms with Gasteiger partial charge in [-0.1, -0.05) is 49.7 Å². The Morgan fingerprint density at radius 3 is 2.55 bits per heavy atom. The van der Waals surface area contributed by atoms with Crippen molar-refractivity contribution >= 4 is 28.5 Å². The molecule has 0 unspecified atom stereocenters. The van der Waals surface area contributed by atoms with E-state index in [1.165, 1.54) is 0 Å². The third-order valence-corrected chi connectivity index (χ3v) is 5.82. The van der Waals surface area contributed by atoms with Crippen LogP contribution in [0.2, 0.25) is 5.02 Å². The van der Waals surface area contributed by atoms with Gasteiger partial charge in [0.05, 0.1) is 17.0 Å². The number of likely N-dealkylation sites (N-methyl/N-ethyl adjacent to an activating group) is 1. The van der Waals surface area contributed by atoms with Gasteiger partial charge in [-0.25, -0.2) is 0 Å². The first-order valence-electron chi connectivity index (χ1n) is 9.89. The maximum absolute atomic E-state index is 13.3. The molecule has 0 spiro atoms. The average molecular weight is 411 g/mol. The van der Waals surface area contributed by atoms with E-state index in [2.05, 4.69) is 18.7 Å². The van der Waals surface area contributed by atoms with E-state index in [1.54, 1.807) is 35.2 Å². The van der Waals surface area contributed by atoms with Gasteiger partial charge in [0.1, 0.15) is 5.58 Å². The van der Waals surface area contributed by atoms with Crippen molar-refractivity contribution < 1.29 is 9.21 Å². The van der Waals surface area contributed by atoms with Crippen LogP contribution in [0, 0.1) is 0 Å². The predicted octanol–water partition coefficient (Wildman–Crippen LogP) is 4.33. The van der Waals surface area contributed by atoms with Crippen molar-refractivity contribution in [3.63, 3.8) is 0 Å². The summed E-state index contributed by atoms with van der Waals surface area (Å²) in [7, 11) is 0. The topological polar surface area (TPSA) is 53.8 Å². The van der Waals surface area contributed by atoms with E-state index in [0.717, 1.165) is 25.2 Å². The Balaban J connectivity index is 1.87. The number of benzene rings is 2. The molecule has 0 N–H and O–H groups in total. The minimum Gasteiger partial charge on any atom is -0.450 e. The lowest BCUT2D eigenvalue weighted by Crippen LogP contribution is -2.37. The Morgan fingerprint density at radius 2 is 1.83 bits per heavy atom. The van der Waals surface area contributed by atoms with E-state index in [4.69, 9.17) is 16.0 Å². The van der Waals surface area contributed by atoms with Gasteiger partial charge in [-0.15, -0.1) is 0 Å². The molecule has 0 saturated carbocycles. The lowest BCUT2D eigenvalue weighted by molar-refractivity contribution is 0.0708. The van der Waals surface area contributed by atoms with E-state index in [-0.39, 0.29) is 17.1 Å². The van der Waals surface area contributed by atoms with Crippen LogP contribution in [0.1, 0.15) is 41.6 Å². The summed E-state index contributed by atoms with van der Waals surface area (Å²) in [5, 5.41) is 1.05. The van der Waals surface area contributed by atoms with Crippen molar-refractivity contribution in [2.75, 3.05) is 26.2 Å². The van der Waals surface area contributed by atoms with E-state index in [9.17, 15) is 9.59 Å². The molecule has 0 aliphatic carbocycles. The summed E-state index contributed by atoms with van der Waals surface area (Å²) in [6.07, 6.45) is 0. The molecule has 0 saturated heterocycles. The third-order valence-electron chi connectivity index (χ3n) is 5.59. The van der Waals surface area contributed by atoms with E-state index >= 15 is 0 Å². The number of hydrogen-bond donors (Lipinski definition) is 0. The van der Waals surface area contributed by atoms with Gasteiger partial charge in [0.2, 0.25) is 5.76 Å². The molecule has 0 radical (unpaired) electrons. The standard InChI is InChI=1S/C23H23ClN2O3/c1-3-25(4-2)12-13-26-20(15-8-7-9-16(24)14-15)19-21(27)17-10-5-6-11-18(17)29-22(19)23(26)28/h5-11,14,20H,3-4,12-13H2,1-2H3/t20-/m0/s1. The van der Waals surface area contributed by atoms with Gasteiger partial charge >= 0.3 is 0 Å². The Bertz CT molecular complexity index is 1120. The molecule has 5 nitrogen and oxygen atoms in total. The molecular weight excluding hydrogens is 388 g/mol. The maximum atomic E-state index is 13.3. The van der Waals surface area contributed by atoms with E-state index in [1.807, 2.05) is 18.2 Å². The van der Waals surface area contributed by atoms with Crippen LogP contribution in [0.25, 0.3) is 11.0 Å². The van der Waals surface area contributed by atoms with Gasteiger partial charge in [0, 0.05) is 18.1 Å². The number of halogens is 1. The number of nitrogens with zero attached hydrogens (tertiary/aromatic N) is 2. The molecule has 150 valence electrons. The van der Waals surface area contributed by atoms with Gasteiger partial charge in [0.15, 0.2) is 5.43 Å². The first kappa shape index (κ1) is 19.7. The minimum absolute atomic E-state index is 0.137. The number of carbonyl (C=O) groups excluding carboxylic acids is 1. The van der Waals surface area contributed by atoms with Crippen molar-refractivity contribution in [2.45, 2.75) is 19.9 Å².